The number of hydrogen-bond donors (Lipinski definition) is 3. The maximum Gasteiger partial charge on any atom is 0.330 e. The second-order valence-electron chi connectivity index (χ2n) is 3.53. The van der Waals surface area contributed by atoms with E-state index in [2.05, 4.69) is 0 Å². The van der Waals surface area contributed by atoms with E-state index in [1.165, 1.54) is 0 Å². The Morgan fingerprint density at radius 1 is 1.38 bits per heavy atom. The highest BCUT2D eigenvalue weighted by Gasteiger charge is 2.27. The average molecular weight is 245 g/mol. The van der Waals surface area contributed by atoms with Crippen LogP contribution in [0.1, 0.15) is 5.56 Å². The molecule has 0 bridgehead atoms. The molecule has 5 nitrogen and oxygen atoms in total. The average Bonchev–Trinajstić information content (AvgIpc) is 2.25. The minimum Gasteiger partial charge on any atom is -0.497 e. The van der Waals surface area contributed by atoms with Gasteiger partial charge in [-0.3, -0.25) is 4.57 Å². The zero-order valence-corrected chi connectivity index (χ0v) is 9.93. The first kappa shape index (κ1) is 13.2. The summed E-state index contributed by atoms with van der Waals surface area (Å²) < 4.78 is 16.1. The van der Waals surface area contributed by atoms with Gasteiger partial charge >= 0.3 is 7.60 Å². The van der Waals surface area contributed by atoms with Crippen LogP contribution in [0.25, 0.3) is 0 Å². The van der Waals surface area contributed by atoms with E-state index >= 15 is 0 Å². The molecule has 1 aromatic rings. The number of hydrogen-bond acceptors (Lipinski definition) is 3. The largest absolute Gasteiger partial charge is 0.497 e. The summed E-state index contributed by atoms with van der Waals surface area (Å²) in [5.41, 5.74) is 5.36. The lowest BCUT2D eigenvalue weighted by molar-refractivity contribution is 0.357. The van der Waals surface area contributed by atoms with Gasteiger partial charge in [0.1, 0.15) is 5.75 Å². The fraction of sp³-hybridized carbons (Fsp3) is 0.400. The molecular formula is C10H16NO4P. The predicted molar refractivity (Wildman–Crippen MR) is 61.6 cm³/mol. The SMILES string of the molecule is COc1ccc(C[C@H](CN)P(=O)(O)O)cc1. The van der Waals surface area contributed by atoms with Gasteiger partial charge in [-0.1, -0.05) is 12.1 Å². The van der Waals surface area contributed by atoms with Crippen molar-refractivity contribution in [2.24, 2.45) is 5.73 Å². The Morgan fingerprint density at radius 3 is 2.31 bits per heavy atom. The molecule has 1 rings (SSSR count). The molecule has 4 N–H and O–H groups in total. The third-order valence-corrected chi connectivity index (χ3v) is 3.72. The van der Waals surface area contributed by atoms with Crippen LogP contribution < -0.4 is 10.5 Å². The number of methoxy groups -OCH3 is 1. The summed E-state index contributed by atoms with van der Waals surface area (Å²) in [4.78, 5) is 18.1. The normalized spacial score (nSPS) is 13.5. The van der Waals surface area contributed by atoms with Gasteiger partial charge in [-0.2, -0.15) is 0 Å². The summed E-state index contributed by atoms with van der Waals surface area (Å²) >= 11 is 0. The molecule has 6 heteroatoms. The first-order chi connectivity index (χ1) is 7.47. The first-order valence-electron chi connectivity index (χ1n) is 4.85. The number of nitrogens with two attached hydrogens (primary N) is 1. The van der Waals surface area contributed by atoms with E-state index in [9.17, 15) is 4.57 Å². The maximum absolute atomic E-state index is 11.1. The molecule has 0 unspecified atom stereocenters. The van der Waals surface area contributed by atoms with Crippen molar-refractivity contribution in [1.29, 1.82) is 0 Å². The van der Waals surface area contributed by atoms with Gasteiger partial charge in [0.25, 0.3) is 0 Å². The lowest BCUT2D eigenvalue weighted by atomic mass is 10.1. The van der Waals surface area contributed by atoms with Crippen molar-refractivity contribution in [3.05, 3.63) is 29.8 Å². The third-order valence-electron chi connectivity index (χ3n) is 2.38. The zero-order valence-electron chi connectivity index (χ0n) is 9.04. The zero-order chi connectivity index (χ0) is 12.2. The smallest absolute Gasteiger partial charge is 0.330 e. The monoisotopic (exact) mass is 245 g/mol. The van der Waals surface area contributed by atoms with Crippen molar-refractivity contribution >= 4 is 7.60 Å². The first-order valence-corrected chi connectivity index (χ1v) is 6.53. The molecule has 1 aromatic carbocycles. The van der Waals surface area contributed by atoms with Crippen molar-refractivity contribution in [3.8, 4) is 5.75 Å². The lowest BCUT2D eigenvalue weighted by Crippen LogP contribution is -2.22. The Kier molecular flexibility index (Phi) is 4.50. The molecule has 16 heavy (non-hydrogen) atoms. The Bertz CT molecular complexity index is 373. The van der Waals surface area contributed by atoms with E-state index in [0.29, 0.717) is 5.75 Å². The van der Waals surface area contributed by atoms with E-state index in [0.717, 1.165) is 5.56 Å². The maximum atomic E-state index is 11.1. The van der Waals surface area contributed by atoms with Gasteiger partial charge in [-0.15, -0.1) is 0 Å². The van der Waals surface area contributed by atoms with Crippen LogP contribution >= 0.6 is 7.60 Å². The quantitative estimate of drug-likeness (QED) is 0.665. The minimum atomic E-state index is -4.12. The molecule has 0 aliphatic heterocycles. The van der Waals surface area contributed by atoms with Gasteiger partial charge in [0.2, 0.25) is 0 Å². The van der Waals surface area contributed by atoms with Crippen molar-refractivity contribution in [1.82, 2.24) is 0 Å². The molecule has 0 amide bonds. The van der Waals surface area contributed by atoms with Crippen molar-refractivity contribution in [3.63, 3.8) is 0 Å². The topological polar surface area (TPSA) is 92.8 Å². The molecule has 0 fully saturated rings. The molecule has 90 valence electrons. The van der Waals surface area contributed by atoms with E-state index in [-0.39, 0.29) is 13.0 Å². The molecule has 0 aliphatic carbocycles. The molecule has 0 heterocycles. The molecule has 0 spiro atoms. The fourth-order valence-corrected chi connectivity index (χ4v) is 2.10. The van der Waals surface area contributed by atoms with Gasteiger partial charge in [0.05, 0.1) is 12.8 Å². The number of benzene rings is 1. The van der Waals surface area contributed by atoms with Gasteiger partial charge < -0.3 is 20.3 Å². The molecule has 0 radical (unpaired) electrons. The highest BCUT2D eigenvalue weighted by Crippen LogP contribution is 2.42. The minimum absolute atomic E-state index is 0.0314. The van der Waals surface area contributed by atoms with Gasteiger partial charge in [0.15, 0.2) is 0 Å². The summed E-state index contributed by atoms with van der Waals surface area (Å²) in [6.07, 6.45) is 0.269. The molecular weight excluding hydrogens is 229 g/mol. The summed E-state index contributed by atoms with van der Waals surface area (Å²) in [7, 11) is -2.55. The standard InChI is InChI=1S/C10H16NO4P/c1-15-9-4-2-8(3-5-9)6-10(7-11)16(12,13)14/h2-5,10H,6-7,11H2,1H3,(H2,12,13,14)/t10-/m1/s1. The Balaban J connectivity index is 2.75. The number of rotatable bonds is 5. The van der Waals surface area contributed by atoms with E-state index < -0.39 is 13.3 Å². The molecule has 0 saturated heterocycles. The predicted octanol–water partition coefficient (Wildman–Crippen LogP) is 0.743. The van der Waals surface area contributed by atoms with Crippen LogP contribution in [-0.2, 0) is 11.0 Å². The molecule has 0 aromatic heterocycles. The fourth-order valence-electron chi connectivity index (χ4n) is 1.37. The van der Waals surface area contributed by atoms with Crippen LogP contribution in [0, 0.1) is 0 Å². The van der Waals surface area contributed by atoms with E-state index in [1.54, 1.807) is 31.4 Å². The van der Waals surface area contributed by atoms with Gasteiger partial charge in [-0.25, -0.2) is 0 Å². The summed E-state index contributed by atoms with van der Waals surface area (Å²) in [6, 6.07) is 7.06. The third kappa shape index (κ3) is 3.61. The van der Waals surface area contributed by atoms with Crippen LogP contribution in [0.3, 0.4) is 0 Å². The highest BCUT2D eigenvalue weighted by molar-refractivity contribution is 7.52. The van der Waals surface area contributed by atoms with Crippen LogP contribution in [-0.4, -0.2) is 29.1 Å². The molecule has 1 atom stereocenters. The summed E-state index contributed by atoms with van der Waals surface area (Å²) in [5, 5.41) is 0. The van der Waals surface area contributed by atoms with E-state index in [4.69, 9.17) is 20.3 Å². The highest BCUT2D eigenvalue weighted by atomic mass is 31.2. The summed E-state index contributed by atoms with van der Waals surface area (Å²) in [5.74, 6) is 0.712. The second kappa shape index (κ2) is 5.46. The van der Waals surface area contributed by atoms with Crippen LogP contribution in [0.15, 0.2) is 24.3 Å². The van der Waals surface area contributed by atoms with Gasteiger partial charge in [-0.05, 0) is 24.1 Å². The molecule has 0 saturated carbocycles. The van der Waals surface area contributed by atoms with Gasteiger partial charge in [0, 0.05) is 6.54 Å². The van der Waals surface area contributed by atoms with Crippen molar-refractivity contribution < 1.29 is 19.1 Å². The second-order valence-corrected chi connectivity index (χ2v) is 5.44. The summed E-state index contributed by atoms with van der Waals surface area (Å²) in [6.45, 7) is -0.0314. The Hall–Kier alpha value is -0.870. The Morgan fingerprint density at radius 2 is 1.94 bits per heavy atom. The van der Waals surface area contributed by atoms with Crippen molar-refractivity contribution in [2.45, 2.75) is 12.1 Å². The van der Waals surface area contributed by atoms with Crippen LogP contribution in [0.2, 0.25) is 0 Å². The molecule has 0 aliphatic rings. The van der Waals surface area contributed by atoms with E-state index in [1.807, 2.05) is 0 Å². The van der Waals surface area contributed by atoms with Crippen molar-refractivity contribution in [2.75, 3.05) is 13.7 Å². The Labute approximate surface area is 94.4 Å². The van der Waals surface area contributed by atoms with Crippen LogP contribution in [0.4, 0.5) is 0 Å². The van der Waals surface area contributed by atoms with Crippen LogP contribution in [0.5, 0.6) is 5.75 Å². The lowest BCUT2D eigenvalue weighted by Gasteiger charge is -2.16. The number of ether oxygens (including phenoxy) is 1.